The number of unbranched alkanes of at least 4 members (excludes halogenated alkanes) is 8. The van der Waals surface area contributed by atoms with E-state index in [9.17, 15) is 4.79 Å². The summed E-state index contributed by atoms with van der Waals surface area (Å²) in [5, 5.41) is 0. The van der Waals surface area contributed by atoms with Gasteiger partial charge in [-0.05, 0) is 36.5 Å². The molecule has 1 rings (SSSR count). The zero-order chi connectivity index (χ0) is 17.8. The van der Waals surface area contributed by atoms with Gasteiger partial charge in [-0.3, -0.25) is 4.79 Å². The average molecular weight is 333 g/mol. The first-order valence-corrected chi connectivity index (χ1v) is 9.85. The van der Waals surface area contributed by atoms with Crippen LogP contribution in [0.15, 0.2) is 18.2 Å². The summed E-state index contributed by atoms with van der Waals surface area (Å²) in [6.07, 6.45) is 11.9. The standard InChI is InChI=1S/C22H36O2/c1-5-6-7-8-9-10-11-12-13-14-22(23)24-21-17-20(18(2)3)16-15-19(21)4/h15-18H,5-14H2,1-4H3. The lowest BCUT2D eigenvalue weighted by atomic mass is 10.0. The van der Waals surface area contributed by atoms with Gasteiger partial charge in [0.1, 0.15) is 5.75 Å². The van der Waals surface area contributed by atoms with Crippen molar-refractivity contribution in [3.05, 3.63) is 29.3 Å². The van der Waals surface area contributed by atoms with Crippen molar-refractivity contribution >= 4 is 5.97 Å². The fourth-order valence-electron chi connectivity index (χ4n) is 2.84. The normalized spacial score (nSPS) is 11.0. The van der Waals surface area contributed by atoms with E-state index in [0.717, 1.165) is 24.2 Å². The van der Waals surface area contributed by atoms with Crippen molar-refractivity contribution in [3.8, 4) is 5.75 Å². The van der Waals surface area contributed by atoms with Crippen molar-refractivity contribution in [2.45, 2.75) is 97.8 Å². The topological polar surface area (TPSA) is 26.3 Å². The van der Waals surface area contributed by atoms with Gasteiger partial charge >= 0.3 is 5.97 Å². The number of ether oxygens (including phenoxy) is 1. The van der Waals surface area contributed by atoms with Gasteiger partial charge in [0.25, 0.3) is 0 Å². The molecule has 1 aromatic carbocycles. The van der Waals surface area contributed by atoms with Crippen molar-refractivity contribution in [1.29, 1.82) is 0 Å². The lowest BCUT2D eigenvalue weighted by Gasteiger charge is -2.11. The fourth-order valence-corrected chi connectivity index (χ4v) is 2.84. The van der Waals surface area contributed by atoms with Crippen LogP contribution in [0.5, 0.6) is 5.75 Å². The van der Waals surface area contributed by atoms with Gasteiger partial charge in [-0.25, -0.2) is 0 Å². The Morgan fingerprint density at radius 1 is 0.958 bits per heavy atom. The maximum absolute atomic E-state index is 12.0. The molecule has 0 unspecified atom stereocenters. The van der Waals surface area contributed by atoms with Crippen LogP contribution >= 0.6 is 0 Å². The molecule has 0 aliphatic rings. The molecule has 0 radical (unpaired) electrons. The molecule has 1 aromatic rings. The zero-order valence-corrected chi connectivity index (χ0v) is 16.2. The second-order valence-electron chi connectivity index (χ2n) is 7.23. The van der Waals surface area contributed by atoms with Crippen molar-refractivity contribution < 1.29 is 9.53 Å². The summed E-state index contributed by atoms with van der Waals surface area (Å²) in [5.74, 6) is 1.07. The van der Waals surface area contributed by atoms with Gasteiger partial charge in [0.05, 0.1) is 0 Å². The van der Waals surface area contributed by atoms with Crippen LogP contribution < -0.4 is 4.74 Å². The van der Waals surface area contributed by atoms with E-state index in [0.29, 0.717) is 12.3 Å². The quantitative estimate of drug-likeness (QED) is 0.235. The van der Waals surface area contributed by atoms with Crippen molar-refractivity contribution in [2.24, 2.45) is 0 Å². The molecule has 0 N–H and O–H groups in total. The number of carbonyl (C=O) groups excluding carboxylic acids is 1. The minimum atomic E-state index is -0.0954. The van der Waals surface area contributed by atoms with E-state index in [1.807, 2.05) is 19.1 Å². The van der Waals surface area contributed by atoms with Crippen LogP contribution in [0.3, 0.4) is 0 Å². The van der Waals surface area contributed by atoms with E-state index in [1.165, 1.54) is 50.5 Å². The monoisotopic (exact) mass is 332 g/mol. The molecule has 0 atom stereocenters. The molecule has 0 aliphatic heterocycles. The summed E-state index contributed by atoms with van der Waals surface area (Å²) >= 11 is 0. The summed E-state index contributed by atoms with van der Waals surface area (Å²) < 4.78 is 5.57. The molecule has 2 heteroatoms. The first kappa shape index (κ1) is 20.7. The Balaban J connectivity index is 2.19. The van der Waals surface area contributed by atoms with Crippen LogP contribution in [0.2, 0.25) is 0 Å². The van der Waals surface area contributed by atoms with Crippen molar-refractivity contribution in [2.75, 3.05) is 0 Å². The molecule has 0 saturated carbocycles. The van der Waals surface area contributed by atoms with Crippen LogP contribution in [0.25, 0.3) is 0 Å². The molecule has 0 saturated heterocycles. The molecule has 0 aliphatic carbocycles. The molecule has 0 heterocycles. The van der Waals surface area contributed by atoms with Gasteiger partial charge in [0.15, 0.2) is 0 Å². The highest BCUT2D eigenvalue weighted by Gasteiger charge is 2.09. The highest BCUT2D eigenvalue weighted by Crippen LogP contribution is 2.24. The number of esters is 1. The Bertz CT molecular complexity index is 477. The van der Waals surface area contributed by atoms with Gasteiger partial charge < -0.3 is 4.74 Å². The second kappa shape index (κ2) is 12.1. The Labute approximate surface area is 149 Å². The van der Waals surface area contributed by atoms with Crippen LogP contribution in [0, 0.1) is 6.92 Å². The van der Waals surface area contributed by atoms with Crippen LogP contribution in [0.4, 0.5) is 0 Å². The maximum Gasteiger partial charge on any atom is 0.311 e. The average Bonchev–Trinajstić information content (AvgIpc) is 2.55. The number of hydrogen-bond acceptors (Lipinski definition) is 2. The first-order valence-electron chi connectivity index (χ1n) is 9.85. The Hall–Kier alpha value is -1.31. The summed E-state index contributed by atoms with van der Waals surface area (Å²) in [6.45, 7) is 8.54. The third-order valence-electron chi connectivity index (χ3n) is 4.59. The first-order chi connectivity index (χ1) is 11.5. The lowest BCUT2D eigenvalue weighted by Crippen LogP contribution is -2.09. The molecule has 136 valence electrons. The molecule has 0 spiro atoms. The van der Waals surface area contributed by atoms with Crippen LogP contribution in [-0.2, 0) is 4.79 Å². The van der Waals surface area contributed by atoms with E-state index in [1.54, 1.807) is 0 Å². The maximum atomic E-state index is 12.0. The smallest absolute Gasteiger partial charge is 0.311 e. The summed E-state index contributed by atoms with van der Waals surface area (Å²) in [4.78, 5) is 12.0. The molecule has 24 heavy (non-hydrogen) atoms. The van der Waals surface area contributed by atoms with Crippen molar-refractivity contribution in [1.82, 2.24) is 0 Å². The third-order valence-corrected chi connectivity index (χ3v) is 4.59. The molecule has 0 aromatic heterocycles. The van der Waals surface area contributed by atoms with E-state index in [4.69, 9.17) is 4.74 Å². The highest BCUT2D eigenvalue weighted by atomic mass is 16.5. The molecule has 0 bridgehead atoms. The van der Waals surface area contributed by atoms with Crippen LogP contribution in [-0.4, -0.2) is 5.97 Å². The summed E-state index contributed by atoms with van der Waals surface area (Å²) in [6, 6.07) is 6.16. The molecule has 0 fully saturated rings. The van der Waals surface area contributed by atoms with E-state index in [-0.39, 0.29) is 5.97 Å². The van der Waals surface area contributed by atoms with E-state index in [2.05, 4.69) is 26.8 Å². The van der Waals surface area contributed by atoms with Gasteiger partial charge in [-0.15, -0.1) is 0 Å². The molecular formula is C22H36O2. The van der Waals surface area contributed by atoms with Gasteiger partial charge in [-0.1, -0.05) is 84.3 Å². The van der Waals surface area contributed by atoms with Gasteiger partial charge in [-0.2, -0.15) is 0 Å². The Morgan fingerprint density at radius 2 is 1.54 bits per heavy atom. The Kier molecular flexibility index (Phi) is 10.5. The SMILES string of the molecule is CCCCCCCCCCCC(=O)Oc1cc(C(C)C)ccc1C. The van der Waals surface area contributed by atoms with E-state index < -0.39 is 0 Å². The minimum absolute atomic E-state index is 0.0954. The number of rotatable bonds is 12. The molecule has 0 amide bonds. The summed E-state index contributed by atoms with van der Waals surface area (Å²) in [7, 11) is 0. The number of carbonyl (C=O) groups is 1. The van der Waals surface area contributed by atoms with Crippen molar-refractivity contribution in [3.63, 3.8) is 0 Å². The number of hydrogen-bond donors (Lipinski definition) is 0. The minimum Gasteiger partial charge on any atom is -0.426 e. The number of benzene rings is 1. The van der Waals surface area contributed by atoms with Gasteiger partial charge in [0, 0.05) is 6.42 Å². The molecular weight excluding hydrogens is 296 g/mol. The lowest BCUT2D eigenvalue weighted by molar-refractivity contribution is -0.134. The van der Waals surface area contributed by atoms with E-state index >= 15 is 0 Å². The Morgan fingerprint density at radius 3 is 2.12 bits per heavy atom. The third kappa shape index (κ3) is 8.52. The second-order valence-corrected chi connectivity index (χ2v) is 7.23. The number of aryl methyl sites for hydroxylation is 1. The largest absolute Gasteiger partial charge is 0.426 e. The fraction of sp³-hybridized carbons (Fsp3) is 0.682. The predicted molar refractivity (Wildman–Crippen MR) is 103 cm³/mol. The molecule has 2 nitrogen and oxygen atoms in total. The predicted octanol–water partition coefficient (Wildman–Crippen LogP) is 6.94. The summed E-state index contributed by atoms with van der Waals surface area (Å²) in [5.41, 5.74) is 2.24. The zero-order valence-electron chi connectivity index (χ0n) is 16.2. The van der Waals surface area contributed by atoms with Crippen LogP contribution in [0.1, 0.15) is 102 Å². The highest BCUT2D eigenvalue weighted by molar-refractivity contribution is 5.72. The van der Waals surface area contributed by atoms with Gasteiger partial charge in [0.2, 0.25) is 0 Å².